The second-order valence-electron chi connectivity index (χ2n) is 10.8. The number of nitrogens with zero attached hydrogens (tertiary/aromatic N) is 4. The van der Waals surface area contributed by atoms with Crippen molar-refractivity contribution in [1.29, 1.82) is 0 Å². The molecule has 0 amide bonds. The summed E-state index contributed by atoms with van der Waals surface area (Å²) in [6.45, 7) is 0.742. The van der Waals surface area contributed by atoms with E-state index in [4.69, 9.17) is 5.73 Å². The number of hydrogen-bond acceptors (Lipinski definition) is 6. The molecule has 4 saturated carbocycles. The fourth-order valence-electron chi connectivity index (χ4n) is 6.36. The Morgan fingerprint density at radius 2 is 1.83 bits per heavy atom. The Labute approximate surface area is 204 Å². The van der Waals surface area contributed by atoms with Crippen LogP contribution in [0.25, 0.3) is 11.3 Å². The van der Waals surface area contributed by atoms with Crippen LogP contribution in [0.5, 0.6) is 5.75 Å². The van der Waals surface area contributed by atoms with E-state index >= 15 is 0 Å². The molecule has 0 radical (unpaired) electrons. The number of hydrogen-bond donors (Lipinski definition) is 2. The third-order valence-corrected chi connectivity index (χ3v) is 8.40. The summed E-state index contributed by atoms with van der Waals surface area (Å²) in [6, 6.07) is 1.35. The van der Waals surface area contributed by atoms with E-state index in [1.807, 2.05) is 4.57 Å². The highest BCUT2D eigenvalue weighted by Gasteiger charge is 2.60. The molecular formula is C24H28F5N5O2. The molecule has 7 rings (SSSR count). The van der Waals surface area contributed by atoms with E-state index in [-0.39, 0.29) is 36.2 Å². The SMILES string of the molecule is Nc1ncc(-c2cn(C34CC(C3)[C@@H](N3CCC(F)(F)CC3)C4)c([C@@H](O)C3CC3)n2)cc1OC(F)(F)F. The number of aliphatic hydroxyl groups is 1. The Morgan fingerprint density at radius 1 is 1.14 bits per heavy atom. The molecule has 1 saturated heterocycles. The molecule has 2 aromatic heterocycles. The maximum Gasteiger partial charge on any atom is 0.573 e. The summed E-state index contributed by atoms with van der Waals surface area (Å²) in [6.07, 6.45) is 1.40. The Morgan fingerprint density at radius 3 is 2.47 bits per heavy atom. The van der Waals surface area contributed by atoms with Crippen molar-refractivity contribution in [2.75, 3.05) is 18.8 Å². The van der Waals surface area contributed by atoms with Crippen LogP contribution in [0.3, 0.4) is 0 Å². The minimum Gasteiger partial charge on any atom is -0.402 e. The highest BCUT2D eigenvalue weighted by molar-refractivity contribution is 5.64. The van der Waals surface area contributed by atoms with Crippen LogP contribution in [0.15, 0.2) is 18.5 Å². The van der Waals surface area contributed by atoms with Gasteiger partial charge >= 0.3 is 6.36 Å². The van der Waals surface area contributed by atoms with Gasteiger partial charge in [0, 0.05) is 55.5 Å². The van der Waals surface area contributed by atoms with E-state index in [1.54, 1.807) is 6.20 Å². The summed E-state index contributed by atoms with van der Waals surface area (Å²) in [5.41, 5.74) is 5.96. The Kier molecular flexibility index (Phi) is 5.32. The van der Waals surface area contributed by atoms with Gasteiger partial charge in [0.25, 0.3) is 5.92 Å². The molecule has 0 aromatic carbocycles. The van der Waals surface area contributed by atoms with Crippen molar-refractivity contribution < 1.29 is 31.8 Å². The first-order chi connectivity index (χ1) is 16.9. The lowest BCUT2D eigenvalue weighted by Gasteiger charge is -2.42. The van der Waals surface area contributed by atoms with E-state index in [9.17, 15) is 27.1 Å². The van der Waals surface area contributed by atoms with Gasteiger partial charge in [0.15, 0.2) is 11.6 Å². The number of fused-ring (bicyclic) bond motifs is 1. The zero-order chi connectivity index (χ0) is 25.5. The smallest absolute Gasteiger partial charge is 0.402 e. The van der Waals surface area contributed by atoms with Crippen LogP contribution in [0.2, 0.25) is 0 Å². The average molecular weight is 514 g/mol. The number of anilines is 1. The Balaban J connectivity index is 1.30. The number of rotatable bonds is 6. The predicted molar refractivity (Wildman–Crippen MR) is 119 cm³/mol. The number of halogens is 5. The molecule has 5 aliphatic rings. The quantitative estimate of drug-likeness (QED) is 0.554. The lowest BCUT2D eigenvalue weighted by molar-refractivity contribution is -0.274. The van der Waals surface area contributed by atoms with Gasteiger partial charge in [-0.1, -0.05) is 0 Å². The van der Waals surface area contributed by atoms with Crippen molar-refractivity contribution in [3.63, 3.8) is 0 Å². The first-order valence-corrected chi connectivity index (χ1v) is 12.3. The second-order valence-corrected chi connectivity index (χ2v) is 10.8. The largest absolute Gasteiger partial charge is 0.573 e. The molecule has 3 heterocycles. The highest BCUT2D eigenvalue weighted by atomic mass is 19.4. The molecule has 0 spiro atoms. The fourth-order valence-corrected chi connectivity index (χ4v) is 6.36. The first-order valence-electron chi connectivity index (χ1n) is 12.3. The molecule has 0 unspecified atom stereocenters. The second kappa shape index (κ2) is 8.01. The highest BCUT2D eigenvalue weighted by Crippen LogP contribution is 2.60. The summed E-state index contributed by atoms with van der Waals surface area (Å²) >= 11 is 0. The number of likely N-dealkylation sites (tertiary alicyclic amines) is 1. The number of pyridine rings is 1. The van der Waals surface area contributed by atoms with Crippen LogP contribution in [-0.2, 0) is 5.54 Å². The summed E-state index contributed by atoms with van der Waals surface area (Å²) in [5.74, 6) is -2.62. The molecule has 2 bridgehead atoms. The van der Waals surface area contributed by atoms with Crippen molar-refractivity contribution in [2.24, 2.45) is 11.8 Å². The van der Waals surface area contributed by atoms with Crippen molar-refractivity contribution in [2.45, 2.75) is 74.9 Å². The summed E-state index contributed by atoms with van der Waals surface area (Å²) in [4.78, 5) is 10.7. The lowest BCUT2D eigenvalue weighted by Crippen LogP contribution is -2.46. The minimum atomic E-state index is -4.92. The molecular weight excluding hydrogens is 485 g/mol. The fraction of sp³-hybridized carbons (Fsp3) is 0.667. The van der Waals surface area contributed by atoms with Crippen molar-refractivity contribution in [3.8, 4) is 17.0 Å². The molecule has 5 fully saturated rings. The molecule has 196 valence electrons. The number of piperidine rings is 1. The van der Waals surface area contributed by atoms with Gasteiger partial charge in [0.05, 0.1) is 5.69 Å². The summed E-state index contributed by atoms with van der Waals surface area (Å²) in [5, 5.41) is 11.0. The monoisotopic (exact) mass is 513 g/mol. The van der Waals surface area contributed by atoms with E-state index in [2.05, 4.69) is 19.6 Å². The predicted octanol–water partition coefficient (Wildman–Crippen LogP) is 4.48. The molecule has 2 aromatic rings. The molecule has 1 aliphatic heterocycles. The first kappa shape index (κ1) is 23.9. The van der Waals surface area contributed by atoms with Crippen LogP contribution in [0, 0.1) is 11.8 Å². The number of imidazole rings is 1. The number of alkyl halides is 5. The molecule has 3 N–H and O–H groups in total. The molecule has 12 heteroatoms. The van der Waals surface area contributed by atoms with Gasteiger partial charge in [-0.2, -0.15) is 0 Å². The zero-order valence-electron chi connectivity index (χ0n) is 19.5. The van der Waals surface area contributed by atoms with Crippen molar-refractivity contribution >= 4 is 5.82 Å². The van der Waals surface area contributed by atoms with Gasteiger partial charge in [-0.05, 0) is 50.0 Å². The number of nitrogen functional groups attached to an aromatic ring is 1. The maximum atomic E-state index is 13.7. The van der Waals surface area contributed by atoms with Gasteiger partial charge in [-0.25, -0.2) is 18.7 Å². The van der Waals surface area contributed by atoms with Gasteiger partial charge in [-0.15, -0.1) is 13.2 Å². The van der Waals surface area contributed by atoms with Crippen LogP contribution >= 0.6 is 0 Å². The molecule has 2 atom stereocenters. The lowest BCUT2D eigenvalue weighted by atomic mass is 9.76. The number of aromatic nitrogens is 3. The Hall–Kier alpha value is -2.47. The van der Waals surface area contributed by atoms with E-state index in [0.29, 0.717) is 36.1 Å². The topological polar surface area (TPSA) is 89.4 Å². The van der Waals surface area contributed by atoms with E-state index in [0.717, 1.165) is 38.2 Å². The van der Waals surface area contributed by atoms with E-state index < -0.39 is 24.1 Å². The van der Waals surface area contributed by atoms with Gasteiger partial charge in [0.2, 0.25) is 0 Å². The minimum absolute atomic E-state index is 0.0986. The maximum absolute atomic E-state index is 13.7. The van der Waals surface area contributed by atoms with Crippen LogP contribution in [-0.4, -0.2) is 56.0 Å². The van der Waals surface area contributed by atoms with Gasteiger partial charge in [-0.3, -0.25) is 4.90 Å². The van der Waals surface area contributed by atoms with Gasteiger partial charge < -0.3 is 20.1 Å². The molecule has 4 aliphatic carbocycles. The standard InChI is InChI=1S/C24H28F5N5O2/c25-23(26)3-5-33(6-4-23)17-10-22(8-15(17)9-22)34-12-16(32-21(34)19(35)13-1-2-13)14-7-18(20(30)31-11-14)36-24(27,28)29/h7,11-13,15,17,19,35H,1-6,8-10H2,(H2,30,31)/t15?,17-,19-,22?/m0/s1. The zero-order valence-corrected chi connectivity index (χ0v) is 19.5. The van der Waals surface area contributed by atoms with Crippen LogP contribution in [0.4, 0.5) is 27.8 Å². The number of nitrogens with two attached hydrogens (primary N) is 1. The molecule has 36 heavy (non-hydrogen) atoms. The third kappa shape index (κ3) is 4.21. The Bertz CT molecular complexity index is 1150. The number of ether oxygens (including phenoxy) is 1. The van der Waals surface area contributed by atoms with Crippen molar-refractivity contribution in [3.05, 3.63) is 24.3 Å². The summed E-state index contributed by atoms with van der Waals surface area (Å²) in [7, 11) is 0. The third-order valence-electron chi connectivity index (χ3n) is 8.40. The van der Waals surface area contributed by atoms with E-state index in [1.165, 1.54) is 6.20 Å². The average Bonchev–Trinajstić information content (AvgIpc) is 3.26. The molecule has 7 nitrogen and oxygen atoms in total. The summed E-state index contributed by atoms with van der Waals surface area (Å²) < 4.78 is 71.9. The van der Waals surface area contributed by atoms with Crippen LogP contribution in [0.1, 0.15) is 56.9 Å². The van der Waals surface area contributed by atoms with Crippen LogP contribution < -0.4 is 10.5 Å². The van der Waals surface area contributed by atoms with Crippen molar-refractivity contribution in [1.82, 2.24) is 19.4 Å². The number of aliphatic hydroxyl groups excluding tert-OH is 1. The normalized spacial score (nSPS) is 30.7. The van der Waals surface area contributed by atoms with Gasteiger partial charge in [0.1, 0.15) is 11.9 Å².